The van der Waals surface area contributed by atoms with Crippen LogP contribution in [0, 0.1) is 17.5 Å². The number of hydrogen-bond acceptors (Lipinski definition) is 3. The van der Waals surface area contributed by atoms with Gasteiger partial charge in [0, 0.05) is 6.07 Å². The maximum atomic E-state index is 13.7. The van der Waals surface area contributed by atoms with E-state index in [-0.39, 0.29) is 15.8 Å². The van der Waals surface area contributed by atoms with E-state index in [1.807, 2.05) is 0 Å². The molecule has 0 aliphatic rings. The van der Waals surface area contributed by atoms with Crippen molar-refractivity contribution in [2.45, 2.75) is 19.3 Å². The Bertz CT molecular complexity index is 924. The average molecular weight is 351 g/mol. The molecular weight excluding hydrogens is 339 g/mol. The second-order valence-electron chi connectivity index (χ2n) is 5.26. The average Bonchev–Trinajstić information content (AvgIpc) is 2.98. The zero-order chi connectivity index (χ0) is 17.3. The number of nitrogens with zero attached hydrogens (tertiary/aromatic N) is 1. The first-order valence-corrected chi connectivity index (χ1v) is 8.03. The highest BCUT2D eigenvalue weighted by Gasteiger charge is 2.17. The van der Waals surface area contributed by atoms with E-state index in [2.05, 4.69) is 4.98 Å². The first-order chi connectivity index (χ1) is 11.5. The summed E-state index contributed by atoms with van der Waals surface area (Å²) in [4.78, 5) is 15.1. The third kappa shape index (κ3) is 3.12. The zero-order valence-corrected chi connectivity index (χ0v) is 13.2. The van der Waals surface area contributed by atoms with Gasteiger partial charge in [0.1, 0.15) is 11.3 Å². The Morgan fingerprint density at radius 1 is 1.12 bits per heavy atom. The number of halogens is 3. The van der Waals surface area contributed by atoms with Gasteiger partial charge in [-0.25, -0.2) is 22.9 Å². The predicted molar refractivity (Wildman–Crippen MR) is 84.9 cm³/mol. The smallest absolute Gasteiger partial charge is 0.335 e. The lowest BCUT2D eigenvalue weighted by Gasteiger charge is -2.04. The Morgan fingerprint density at radius 2 is 1.88 bits per heavy atom. The van der Waals surface area contributed by atoms with Gasteiger partial charge in [-0.2, -0.15) is 0 Å². The van der Waals surface area contributed by atoms with Crippen LogP contribution in [0.4, 0.5) is 13.2 Å². The van der Waals surface area contributed by atoms with Crippen LogP contribution in [-0.2, 0) is 12.8 Å². The monoisotopic (exact) mass is 351 g/mol. The lowest BCUT2D eigenvalue weighted by atomic mass is 10.0. The first-order valence-electron chi connectivity index (χ1n) is 7.21. The molecule has 7 heteroatoms. The molecule has 3 nitrogen and oxygen atoms in total. The lowest BCUT2D eigenvalue weighted by Crippen LogP contribution is -2.02. The number of hydrogen-bond donors (Lipinski definition) is 1. The number of carboxylic acid groups (broad SMARTS) is 1. The van der Waals surface area contributed by atoms with E-state index >= 15 is 0 Å². The Labute approximate surface area is 139 Å². The molecule has 0 fully saturated rings. The Kier molecular flexibility index (Phi) is 4.53. The van der Waals surface area contributed by atoms with Crippen LogP contribution in [0.5, 0.6) is 0 Å². The lowest BCUT2D eigenvalue weighted by molar-refractivity contribution is 0.0695. The molecule has 0 unspecified atom stereocenters. The van der Waals surface area contributed by atoms with Crippen LogP contribution in [0.15, 0.2) is 30.3 Å². The van der Waals surface area contributed by atoms with Crippen LogP contribution in [0.3, 0.4) is 0 Å². The fourth-order valence-electron chi connectivity index (χ4n) is 2.51. The van der Waals surface area contributed by atoms with Crippen molar-refractivity contribution in [2.24, 2.45) is 0 Å². The molecule has 124 valence electrons. The summed E-state index contributed by atoms with van der Waals surface area (Å²) >= 11 is 0.983. The topological polar surface area (TPSA) is 50.2 Å². The van der Waals surface area contributed by atoms with Crippen LogP contribution >= 0.6 is 11.3 Å². The number of carboxylic acids is 1. The molecule has 0 aliphatic heterocycles. The van der Waals surface area contributed by atoms with Gasteiger partial charge in [0.05, 0.1) is 15.3 Å². The van der Waals surface area contributed by atoms with Crippen molar-refractivity contribution in [1.29, 1.82) is 0 Å². The standard InChI is InChI=1S/C17H12F3NO2S/c18-11-8-12(19)16-15(14(11)20)21-13(24-16)7-3-5-9-4-1-2-6-10(9)17(22)23/h1-2,4,6,8H,3,5,7H2,(H,22,23). The summed E-state index contributed by atoms with van der Waals surface area (Å²) in [6.45, 7) is 0. The van der Waals surface area contributed by atoms with E-state index in [4.69, 9.17) is 5.11 Å². The van der Waals surface area contributed by atoms with E-state index in [9.17, 15) is 18.0 Å². The molecule has 1 aromatic heterocycles. The number of aryl methyl sites for hydroxylation is 2. The molecule has 0 atom stereocenters. The molecule has 24 heavy (non-hydrogen) atoms. The molecule has 0 saturated carbocycles. The predicted octanol–water partition coefficient (Wildman–Crippen LogP) is 4.59. The van der Waals surface area contributed by atoms with Crippen molar-refractivity contribution in [3.8, 4) is 0 Å². The van der Waals surface area contributed by atoms with Gasteiger partial charge < -0.3 is 5.11 Å². The fraction of sp³-hybridized carbons (Fsp3) is 0.176. The van der Waals surface area contributed by atoms with Gasteiger partial charge in [-0.3, -0.25) is 0 Å². The van der Waals surface area contributed by atoms with Crippen LogP contribution in [-0.4, -0.2) is 16.1 Å². The van der Waals surface area contributed by atoms with Gasteiger partial charge in [-0.1, -0.05) is 18.2 Å². The number of aromatic carboxylic acids is 1. The minimum atomic E-state index is -1.26. The highest BCUT2D eigenvalue weighted by atomic mass is 32.1. The van der Waals surface area contributed by atoms with Gasteiger partial charge in [0.25, 0.3) is 0 Å². The van der Waals surface area contributed by atoms with Crippen LogP contribution in [0.2, 0.25) is 0 Å². The number of thiazole rings is 1. The van der Waals surface area contributed by atoms with Crippen molar-refractivity contribution >= 4 is 27.5 Å². The summed E-state index contributed by atoms with van der Waals surface area (Å²) in [5.41, 5.74) is 0.633. The maximum absolute atomic E-state index is 13.7. The first kappa shape index (κ1) is 16.4. The number of fused-ring (bicyclic) bond motifs is 1. The number of rotatable bonds is 5. The van der Waals surface area contributed by atoms with Gasteiger partial charge in [-0.05, 0) is 30.9 Å². The summed E-state index contributed by atoms with van der Waals surface area (Å²) in [7, 11) is 0. The molecule has 3 rings (SSSR count). The minimum absolute atomic E-state index is 0.00478. The molecule has 2 aromatic carbocycles. The fourth-order valence-corrected chi connectivity index (χ4v) is 3.52. The molecule has 0 saturated heterocycles. The van der Waals surface area contributed by atoms with Crippen molar-refractivity contribution in [3.63, 3.8) is 0 Å². The second kappa shape index (κ2) is 6.60. The third-order valence-corrected chi connectivity index (χ3v) is 4.77. The molecule has 0 radical (unpaired) electrons. The van der Waals surface area contributed by atoms with Crippen molar-refractivity contribution < 1.29 is 23.1 Å². The second-order valence-corrected chi connectivity index (χ2v) is 6.34. The zero-order valence-electron chi connectivity index (χ0n) is 12.4. The summed E-state index contributed by atoms with van der Waals surface area (Å²) in [5.74, 6) is -4.23. The maximum Gasteiger partial charge on any atom is 0.335 e. The normalized spacial score (nSPS) is 11.1. The molecule has 0 aliphatic carbocycles. The van der Waals surface area contributed by atoms with Crippen molar-refractivity contribution in [1.82, 2.24) is 4.98 Å². The van der Waals surface area contributed by atoms with Crippen molar-refractivity contribution in [3.05, 3.63) is 63.9 Å². The largest absolute Gasteiger partial charge is 0.478 e. The highest BCUT2D eigenvalue weighted by molar-refractivity contribution is 7.18. The number of carbonyl (C=O) groups is 1. The Balaban J connectivity index is 1.76. The quantitative estimate of drug-likeness (QED) is 0.684. The van der Waals surface area contributed by atoms with Crippen molar-refractivity contribution in [2.75, 3.05) is 0 Å². The van der Waals surface area contributed by atoms with E-state index in [1.54, 1.807) is 18.2 Å². The van der Waals surface area contributed by atoms with Gasteiger partial charge in [0.2, 0.25) is 0 Å². The molecule has 0 amide bonds. The SMILES string of the molecule is O=C(O)c1ccccc1CCCc1nc2c(F)c(F)cc(F)c2s1. The summed E-state index contributed by atoms with van der Waals surface area (Å²) in [6, 6.07) is 7.19. The molecule has 0 bridgehead atoms. The molecular formula is C17H12F3NO2S. The Hall–Kier alpha value is -2.41. The molecule has 3 aromatic rings. The Morgan fingerprint density at radius 3 is 2.62 bits per heavy atom. The molecule has 0 spiro atoms. The number of benzene rings is 2. The van der Waals surface area contributed by atoms with Gasteiger partial charge in [0.15, 0.2) is 11.6 Å². The van der Waals surface area contributed by atoms with Gasteiger partial charge in [-0.15, -0.1) is 11.3 Å². The van der Waals surface area contributed by atoms with Crippen LogP contribution in [0.25, 0.3) is 10.2 Å². The van der Waals surface area contributed by atoms with E-state index in [0.717, 1.165) is 11.3 Å². The highest BCUT2D eigenvalue weighted by Crippen LogP contribution is 2.29. The third-order valence-electron chi connectivity index (χ3n) is 3.64. The van der Waals surface area contributed by atoms with Gasteiger partial charge >= 0.3 is 5.97 Å². The van der Waals surface area contributed by atoms with Crippen LogP contribution in [0.1, 0.15) is 27.3 Å². The summed E-state index contributed by atoms with van der Waals surface area (Å²) in [5, 5.41) is 9.62. The molecule has 1 heterocycles. The summed E-state index contributed by atoms with van der Waals surface area (Å²) in [6.07, 6.45) is 1.49. The van der Waals surface area contributed by atoms with E-state index in [1.165, 1.54) is 6.07 Å². The molecule has 1 N–H and O–H groups in total. The minimum Gasteiger partial charge on any atom is -0.478 e. The van der Waals surface area contributed by atoms with E-state index in [0.29, 0.717) is 35.9 Å². The number of aromatic nitrogens is 1. The van der Waals surface area contributed by atoms with Crippen LogP contribution < -0.4 is 0 Å². The summed E-state index contributed by atoms with van der Waals surface area (Å²) < 4.78 is 40.5. The van der Waals surface area contributed by atoms with E-state index < -0.39 is 23.4 Å².